The maximum Gasteiger partial charge on any atom is 0.423 e. The molecule has 0 radical (unpaired) electrons. The van der Waals surface area contributed by atoms with E-state index in [4.69, 9.17) is 4.74 Å². The second-order valence-corrected chi connectivity index (χ2v) is 10.3. The number of nitrogens with zero attached hydrogens (tertiary/aromatic N) is 3. The van der Waals surface area contributed by atoms with Gasteiger partial charge in [-0.05, 0) is 49.4 Å². The molecule has 2 aliphatic rings. The van der Waals surface area contributed by atoms with Crippen molar-refractivity contribution in [3.8, 4) is 0 Å². The lowest BCUT2D eigenvalue weighted by Gasteiger charge is -2.37. The Balaban J connectivity index is 1.21. The molecular formula is C26H30F3IN4O4. The number of alkyl halides is 4. The predicted octanol–water partition coefficient (Wildman–Crippen LogP) is 5.64. The van der Waals surface area contributed by atoms with E-state index in [1.165, 1.54) is 17.3 Å². The number of carbonyl (C=O) groups excluding carboxylic acids is 1. The van der Waals surface area contributed by atoms with E-state index in [0.717, 1.165) is 29.6 Å². The van der Waals surface area contributed by atoms with Crippen LogP contribution in [0.4, 0.5) is 30.2 Å². The molecular weight excluding hydrogens is 616 g/mol. The summed E-state index contributed by atoms with van der Waals surface area (Å²) >= 11 is 2.36. The van der Waals surface area contributed by atoms with Crippen LogP contribution in [0.15, 0.2) is 42.5 Å². The summed E-state index contributed by atoms with van der Waals surface area (Å²) in [6.45, 7) is 2.85. The third kappa shape index (κ3) is 7.07. The molecule has 1 aliphatic carbocycles. The molecule has 1 saturated heterocycles. The molecule has 0 atom stereocenters. The normalized spacial score (nSPS) is 20.3. The molecule has 12 heteroatoms. The van der Waals surface area contributed by atoms with Crippen molar-refractivity contribution in [2.75, 3.05) is 43.0 Å². The molecule has 38 heavy (non-hydrogen) atoms. The largest absolute Gasteiger partial charge is 0.423 e. The molecule has 0 bridgehead atoms. The highest BCUT2D eigenvalue weighted by Gasteiger charge is 2.38. The zero-order valence-corrected chi connectivity index (χ0v) is 22.9. The van der Waals surface area contributed by atoms with Gasteiger partial charge < -0.3 is 19.9 Å². The van der Waals surface area contributed by atoms with Crippen LogP contribution in [0.25, 0.3) is 0 Å². The Morgan fingerprint density at radius 1 is 1.08 bits per heavy atom. The number of halogens is 4. The predicted molar refractivity (Wildman–Crippen MR) is 147 cm³/mol. The number of hydrogen-bond donors (Lipinski definition) is 1. The lowest BCUT2D eigenvalue weighted by molar-refractivity contribution is -0.388. The molecule has 0 spiro atoms. The first kappa shape index (κ1) is 28.4. The van der Waals surface area contributed by atoms with Crippen molar-refractivity contribution in [1.82, 2.24) is 4.90 Å². The summed E-state index contributed by atoms with van der Waals surface area (Å²) in [6.07, 6.45) is -2.24. The van der Waals surface area contributed by atoms with E-state index < -0.39 is 22.4 Å². The van der Waals surface area contributed by atoms with Gasteiger partial charge in [-0.1, -0.05) is 40.8 Å². The van der Waals surface area contributed by atoms with Crippen molar-refractivity contribution in [2.24, 2.45) is 0 Å². The SMILES string of the molecule is O=C(CO[C@H]1CC[C@H](Nc2ccc([N+](=O)[O-])c(C(F)(F)F)c2)CC1)N1CCN(c2ccccc2CI)CC1. The third-order valence-electron chi connectivity index (χ3n) is 7.09. The smallest absolute Gasteiger partial charge is 0.382 e. The van der Waals surface area contributed by atoms with E-state index in [0.29, 0.717) is 38.8 Å². The number of nitrogens with one attached hydrogen (secondary N) is 1. The number of nitro benzene ring substituents is 1. The summed E-state index contributed by atoms with van der Waals surface area (Å²) in [5.41, 5.74) is 0.479. The first-order chi connectivity index (χ1) is 18.2. The zero-order valence-electron chi connectivity index (χ0n) is 20.8. The van der Waals surface area contributed by atoms with Gasteiger partial charge in [0.05, 0.1) is 11.0 Å². The molecule has 0 unspecified atom stereocenters. The number of anilines is 2. The minimum atomic E-state index is -4.82. The summed E-state index contributed by atoms with van der Waals surface area (Å²) in [4.78, 5) is 26.8. The molecule has 1 saturated carbocycles. The molecule has 1 heterocycles. The van der Waals surface area contributed by atoms with Gasteiger partial charge in [-0.15, -0.1) is 0 Å². The first-order valence-corrected chi connectivity index (χ1v) is 14.1. The van der Waals surface area contributed by atoms with Crippen molar-refractivity contribution < 1.29 is 27.6 Å². The highest BCUT2D eigenvalue weighted by Crippen LogP contribution is 2.38. The monoisotopic (exact) mass is 646 g/mol. The maximum absolute atomic E-state index is 13.2. The van der Waals surface area contributed by atoms with Gasteiger partial charge in [0.1, 0.15) is 12.2 Å². The summed E-state index contributed by atoms with van der Waals surface area (Å²) in [6, 6.07) is 11.2. The Kier molecular flexibility index (Phi) is 9.34. The number of amides is 1. The number of carbonyl (C=O) groups is 1. The average molecular weight is 646 g/mol. The van der Waals surface area contributed by atoms with Gasteiger partial charge in [0, 0.05) is 54.1 Å². The Bertz CT molecular complexity index is 1130. The van der Waals surface area contributed by atoms with Crippen LogP contribution < -0.4 is 10.2 Å². The number of rotatable bonds is 8. The van der Waals surface area contributed by atoms with E-state index in [1.54, 1.807) is 0 Å². The maximum atomic E-state index is 13.2. The molecule has 8 nitrogen and oxygen atoms in total. The summed E-state index contributed by atoms with van der Waals surface area (Å²) in [7, 11) is 0. The van der Waals surface area contributed by atoms with Crippen molar-refractivity contribution >= 4 is 45.6 Å². The molecule has 2 fully saturated rings. The summed E-state index contributed by atoms with van der Waals surface area (Å²) in [5, 5.41) is 14.0. The number of benzene rings is 2. The topological polar surface area (TPSA) is 87.9 Å². The number of piperazine rings is 1. The van der Waals surface area contributed by atoms with Gasteiger partial charge in [0.2, 0.25) is 5.91 Å². The molecule has 4 rings (SSSR count). The molecule has 1 amide bonds. The fourth-order valence-electron chi connectivity index (χ4n) is 5.03. The van der Waals surface area contributed by atoms with Crippen LogP contribution in [0.5, 0.6) is 0 Å². The summed E-state index contributed by atoms with van der Waals surface area (Å²) in [5.74, 6) is -0.0300. The Morgan fingerprint density at radius 3 is 2.39 bits per heavy atom. The van der Waals surface area contributed by atoms with Crippen molar-refractivity contribution in [2.45, 2.75) is 48.4 Å². The first-order valence-electron chi connectivity index (χ1n) is 12.6. The fourth-order valence-corrected chi connectivity index (χ4v) is 5.68. The minimum Gasteiger partial charge on any atom is -0.382 e. The fraction of sp³-hybridized carbons (Fsp3) is 0.500. The zero-order chi connectivity index (χ0) is 27.3. The second kappa shape index (κ2) is 12.5. The number of hydrogen-bond acceptors (Lipinski definition) is 6. The van der Waals surface area contributed by atoms with Crippen molar-refractivity contribution in [3.05, 3.63) is 63.7 Å². The molecule has 1 N–H and O–H groups in total. The van der Waals surface area contributed by atoms with E-state index in [1.807, 2.05) is 17.0 Å². The molecule has 2 aromatic carbocycles. The van der Waals surface area contributed by atoms with Gasteiger partial charge in [0.15, 0.2) is 0 Å². The third-order valence-corrected chi connectivity index (χ3v) is 7.92. The molecule has 2 aromatic rings. The average Bonchev–Trinajstić information content (AvgIpc) is 2.92. The standard InChI is InChI=1S/C26H30F3IN4O4/c27-26(28,29)22-15-20(7-10-24(22)34(36)37)31-19-5-8-21(9-6-19)38-17-25(35)33-13-11-32(12-14-33)23-4-2-1-3-18(23)16-30/h1-4,7,10,15,19,21,31H,5-6,8-9,11-14,16-17H2/t19-,21-. The van der Waals surface area contributed by atoms with Gasteiger partial charge in [-0.25, -0.2) is 0 Å². The summed E-state index contributed by atoms with van der Waals surface area (Å²) < 4.78 is 46.6. The van der Waals surface area contributed by atoms with Crippen LogP contribution >= 0.6 is 22.6 Å². The van der Waals surface area contributed by atoms with E-state index in [2.05, 4.69) is 44.9 Å². The lowest BCUT2D eigenvalue weighted by Crippen LogP contribution is -2.50. The van der Waals surface area contributed by atoms with Crippen molar-refractivity contribution in [3.63, 3.8) is 0 Å². The molecule has 1 aliphatic heterocycles. The second-order valence-electron chi connectivity index (χ2n) is 9.55. The van der Waals surface area contributed by atoms with E-state index >= 15 is 0 Å². The van der Waals surface area contributed by atoms with Gasteiger partial charge in [0.25, 0.3) is 5.69 Å². The minimum absolute atomic E-state index is 0.0182. The molecule has 206 valence electrons. The van der Waals surface area contributed by atoms with Crippen LogP contribution in [0, 0.1) is 10.1 Å². The Hall–Kier alpha value is -2.61. The van der Waals surface area contributed by atoms with E-state index in [9.17, 15) is 28.1 Å². The highest BCUT2D eigenvalue weighted by molar-refractivity contribution is 14.1. The van der Waals surface area contributed by atoms with Crippen molar-refractivity contribution in [1.29, 1.82) is 0 Å². The van der Waals surface area contributed by atoms with Gasteiger partial charge in [-0.2, -0.15) is 13.2 Å². The number of ether oxygens (including phenoxy) is 1. The number of nitro groups is 1. The Labute approximate surface area is 232 Å². The highest BCUT2D eigenvalue weighted by atomic mass is 127. The Morgan fingerprint density at radius 2 is 1.76 bits per heavy atom. The lowest BCUT2D eigenvalue weighted by atomic mass is 9.92. The van der Waals surface area contributed by atoms with Gasteiger partial charge >= 0.3 is 6.18 Å². The number of para-hydroxylation sites is 1. The van der Waals surface area contributed by atoms with Crippen LogP contribution in [-0.4, -0.2) is 60.7 Å². The van der Waals surface area contributed by atoms with Crippen LogP contribution in [-0.2, 0) is 20.1 Å². The molecule has 0 aromatic heterocycles. The van der Waals surface area contributed by atoms with Crippen LogP contribution in [0.2, 0.25) is 0 Å². The van der Waals surface area contributed by atoms with Gasteiger partial charge in [-0.3, -0.25) is 14.9 Å². The van der Waals surface area contributed by atoms with Crippen LogP contribution in [0.1, 0.15) is 36.8 Å². The quantitative estimate of drug-likeness (QED) is 0.173. The van der Waals surface area contributed by atoms with E-state index in [-0.39, 0.29) is 30.3 Å². The van der Waals surface area contributed by atoms with Crippen LogP contribution in [0.3, 0.4) is 0 Å².